The van der Waals surface area contributed by atoms with E-state index in [0.29, 0.717) is 42.9 Å². The van der Waals surface area contributed by atoms with Gasteiger partial charge in [-0.1, -0.05) is 12.1 Å². The number of aromatic nitrogens is 3. The van der Waals surface area contributed by atoms with E-state index >= 15 is 0 Å². The lowest BCUT2D eigenvalue weighted by Crippen LogP contribution is -2.38. The Bertz CT molecular complexity index is 1460. The van der Waals surface area contributed by atoms with Crippen molar-refractivity contribution in [3.05, 3.63) is 68.4 Å². The number of pyridine rings is 1. The molecule has 1 fully saturated rings. The maximum Gasteiger partial charge on any atom is 0.345 e. The van der Waals surface area contributed by atoms with Crippen LogP contribution in [0.5, 0.6) is 5.75 Å². The number of nitrogens with zero attached hydrogens (tertiary/aromatic N) is 5. The molecular formula is C23H20N6O5S2. The normalized spacial score (nSPS) is 14.1. The molecule has 36 heavy (non-hydrogen) atoms. The number of hydrogen-bond donors (Lipinski definition) is 1. The van der Waals surface area contributed by atoms with E-state index in [1.165, 1.54) is 11.3 Å². The lowest BCUT2D eigenvalue weighted by Gasteiger charge is -2.31. The predicted molar refractivity (Wildman–Crippen MR) is 135 cm³/mol. The molecule has 13 heteroatoms. The van der Waals surface area contributed by atoms with Gasteiger partial charge in [-0.3, -0.25) is 25.0 Å². The first-order valence-corrected chi connectivity index (χ1v) is 12.7. The van der Waals surface area contributed by atoms with Gasteiger partial charge in [0.2, 0.25) is 0 Å². The average Bonchev–Trinajstić information content (AvgIpc) is 3.58. The molecule has 1 aliphatic heterocycles. The Kier molecular flexibility index (Phi) is 6.57. The van der Waals surface area contributed by atoms with Gasteiger partial charge in [0.1, 0.15) is 23.3 Å². The highest BCUT2D eigenvalue weighted by atomic mass is 32.1. The lowest BCUT2D eigenvalue weighted by molar-refractivity contribution is -0.380. The monoisotopic (exact) mass is 524 g/mol. The third kappa shape index (κ3) is 4.75. The van der Waals surface area contributed by atoms with Gasteiger partial charge in [0.05, 0.1) is 22.6 Å². The Morgan fingerprint density at radius 3 is 2.69 bits per heavy atom. The van der Waals surface area contributed by atoms with Crippen molar-refractivity contribution in [1.29, 1.82) is 0 Å². The number of rotatable bonds is 6. The maximum atomic E-state index is 13.2. The fraction of sp³-hybridized carbons (Fsp3) is 0.261. The van der Waals surface area contributed by atoms with Crippen LogP contribution in [0, 0.1) is 10.1 Å². The molecule has 4 aromatic rings. The number of nitro groups is 1. The summed E-state index contributed by atoms with van der Waals surface area (Å²) in [5.74, 6) is 0.125. The predicted octanol–water partition coefficient (Wildman–Crippen LogP) is 4.34. The summed E-state index contributed by atoms with van der Waals surface area (Å²) in [6.07, 6.45) is 2.53. The standard InChI is InChI=1S/C23H20N6O5S2/c1-34-18-10-16(25-15-5-3-2-4-14(15)18)22(31)28-8-6-13(7-9-28)21-26-17(12-35-21)20(30)27-23-24-11-19(36-23)29(32)33/h2-5,10-13H,6-9H2,1H3,(H,24,27,30). The van der Waals surface area contributed by atoms with Crippen LogP contribution in [0.25, 0.3) is 10.9 Å². The first-order chi connectivity index (χ1) is 17.4. The van der Waals surface area contributed by atoms with Crippen LogP contribution in [-0.4, -0.2) is 56.8 Å². The van der Waals surface area contributed by atoms with Gasteiger partial charge in [0.15, 0.2) is 5.13 Å². The fourth-order valence-electron chi connectivity index (χ4n) is 4.06. The number of thiazole rings is 2. The summed E-state index contributed by atoms with van der Waals surface area (Å²) in [7, 11) is 1.57. The van der Waals surface area contributed by atoms with Crippen LogP contribution in [-0.2, 0) is 0 Å². The summed E-state index contributed by atoms with van der Waals surface area (Å²) in [6, 6.07) is 9.21. The zero-order chi connectivity index (χ0) is 25.2. The molecule has 0 radical (unpaired) electrons. The second-order valence-electron chi connectivity index (χ2n) is 8.08. The van der Waals surface area contributed by atoms with Crippen molar-refractivity contribution < 1.29 is 19.2 Å². The second kappa shape index (κ2) is 9.95. The second-order valence-corrected chi connectivity index (χ2v) is 9.98. The number of nitrogens with one attached hydrogen (secondary N) is 1. The first kappa shape index (κ1) is 23.8. The number of ether oxygens (including phenoxy) is 1. The molecule has 4 heterocycles. The topological polar surface area (TPSA) is 140 Å². The van der Waals surface area contributed by atoms with Crippen molar-refractivity contribution in [3.8, 4) is 5.75 Å². The summed E-state index contributed by atoms with van der Waals surface area (Å²) in [5, 5.41) is 16.7. The van der Waals surface area contributed by atoms with Gasteiger partial charge < -0.3 is 9.64 Å². The lowest BCUT2D eigenvalue weighted by atomic mass is 9.97. The minimum Gasteiger partial charge on any atom is -0.496 e. The number of carbonyl (C=O) groups is 2. The van der Waals surface area contributed by atoms with E-state index < -0.39 is 10.8 Å². The highest BCUT2D eigenvalue weighted by Gasteiger charge is 2.28. The van der Waals surface area contributed by atoms with Crippen LogP contribution in [0.4, 0.5) is 10.1 Å². The van der Waals surface area contributed by atoms with Crippen molar-refractivity contribution in [2.24, 2.45) is 0 Å². The molecule has 0 spiro atoms. The van der Waals surface area contributed by atoms with Gasteiger partial charge in [-0.25, -0.2) is 15.0 Å². The highest BCUT2D eigenvalue weighted by molar-refractivity contribution is 7.18. The first-order valence-electron chi connectivity index (χ1n) is 11.0. The van der Waals surface area contributed by atoms with Gasteiger partial charge >= 0.3 is 5.00 Å². The minimum atomic E-state index is -0.558. The average molecular weight is 525 g/mol. The number of piperidine rings is 1. The Balaban J connectivity index is 1.22. The molecule has 0 unspecified atom stereocenters. The number of methoxy groups -OCH3 is 1. The van der Waals surface area contributed by atoms with E-state index in [-0.39, 0.29) is 27.7 Å². The zero-order valence-electron chi connectivity index (χ0n) is 19.0. The maximum absolute atomic E-state index is 13.2. The van der Waals surface area contributed by atoms with E-state index in [2.05, 4.69) is 20.3 Å². The molecule has 1 aliphatic rings. The smallest absolute Gasteiger partial charge is 0.345 e. The summed E-state index contributed by atoms with van der Waals surface area (Å²) in [6.45, 7) is 1.09. The molecule has 2 amide bonds. The number of amides is 2. The van der Waals surface area contributed by atoms with Crippen LogP contribution < -0.4 is 10.1 Å². The molecule has 5 rings (SSSR count). The Hall–Kier alpha value is -3.97. The van der Waals surface area contributed by atoms with Crippen LogP contribution >= 0.6 is 22.7 Å². The van der Waals surface area contributed by atoms with Gasteiger partial charge in [-0.15, -0.1) is 11.3 Å². The molecule has 1 saturated heterocycles. The van der Waals surface area contributed by atoms with Crippen LogP contribution in [0.3, 0.4) is 0 Å². The van der Waals surface area contributed by atoms with Crippen molar-refractivity contribution >= 4 is 55.5 Å². The van der Waals surface area contributed by atoms with Crippen molar-refractivity contribution in [2.75, 3.05) is 25.5 Å². The zero-order valence-corrected chi connectivity index (χ0v) is 20.7. The largest absolute Gasteiger partial charge is 0.496 e. The molecule has 0 bridgehead atoms. The third-order valence-corrected chi connectivity index (χ3v) is 7.77. The number of benzene rings is 1. The SMILES string of the molecule is COc1cc(C(=O)N2CCC(c3nc(C(=O)Nc4ncc([N+](=O)[O-])s4)cs3)CC2)nc2ccccc12. The van der Waals surface area contributed by atoms with Crippen LogP contribution in [0.15, 0.2) is 41.9 Å². The van der Waals surface area contributed by atoms with E-state index in [4.69, 9.17) is 4.74 Å². The van der Waals surface area contributed by atoms with Crippen LogP contribution in [0.2, 0.25) is 0 Å². The Labute approximate surface area is 212 Å². The summed E-state index contributed by atoms with van der Waals surface area (Å²) < 4.78 is 5.47. The van der Waals surface area contributed by atoms with Gasteiger partial charge in [-0.2, -0.15) is 0 Å². The summed E-state index contributed by atoms with van der Waals surface area (Å²) >= 11 is 2.17. The molecule has 3 aromatic heterocycles. The number of carbonyl (C=O) groups excluding carboxylic acids is 2. The number of hydrogen-bond acceptors (Lipinski definition) is 10. The number of fused-ring (bicyclic) bond motifs is 1. The van der Waals surface area contributed by atoms with E-state index in [1.54, 1.807) is 23.5 Å². The molecule has 1 N–H and O–H groups in total. The molecule has 0 saturated carbocycles. The Morgan fingerprint density at radius 1 is 1.19 bits per heavy atom. The number of anilines is 1. The van der Waals surface area contributed by atoms with Crippen molar-refractivity contribution in [3.63, 3.8) is 0 Å². The van der Waals surface area contributed by atoms with E-state index in [0.717, 1.165) is 27.9 Å². The van der Waals surface area contributed by atoms with Gasteiger partial charge in [-0.05, 0) is 36.3 Å². The Morgan fingerprint density at radius 2 is 1.97 bits per heavy atom. The quantitative estimate of drug-likeness (QED) is 0.290. The van der Waals surface area contributed by atoms with E-state index in [9.17, 15) is 19.7 Å². The molecule has 0 atom stereocenters. The third-order valence-electron chi connectivity index (χ3n) is 5.90. The molecule has 0 aliphatic carbocycles. The summed E-state index contributed by atoms with van der Waals surface area (Å²) in [5.41, 5.74) is 1.29. The summed E-state index contributed by atoms with van der Waals surface area (Å²) in [4.78, 5) is 50.5. The van der Waals surface area contributed by atoms with Gasteiger partial charge in [0.25, 0.3) is 11.8 Å². The van der Waals surface area contributed by atoms with Crippen molar-refractivity contribution in [1.82, 2.24) is 19.9 Å². The number of para-hydroxylation sites is 1. The molecule has 1 aromatic carbocycles. The number of likely N-dealkylation sites (tertiary alicyclic amines) is 1. The van der Waals surface area contributed by atoms with E-state index in [1.807, 2.05) is 24.3 Å². The van der Waals surface area contributed by atoms with Crippen molar-refractivity contribution in [2.45, 2.75) is 18.8 Å². The van der Waals surface area contributed by atoms with Crippen LogP contribution in [0.1, 0.15) is 44.7 Å². The minimum absolute atomic E-state index is 0.126. The highest BCUT2D eigenvalue weighted by Crippen LogP contribution is 2.32. The molecule has 184 valence electrons. The molecular weight excluding hydrogens is 504 g/mol. The fourth-order valence-corrected chi connectivity index (χ4v) is 5.66. The van der Waals surface area contributed by atoms with Gasteiger partial charge in [0, 0.05) is 35.8 Å². The molecule has 11 nitrogen and oxygen atoms in total.